The van der Waals surface area contributed by atoms with Gasteiger partial charge in [-0.3, -0.25) is 9.69 Å². The molecule has 2 aromatic carbocycles. The second kappa shape index (κ2) is 8.41. The number of hydrogen-bond acceptors (Lipinski definition) is 3. The highest BCUT2D eigenvalue weighted by atomic mass is 16.3. The number of nitrogens with zero attached hydrogens (tertiary/aromatic N) is 1. The summed E-state index contributed by atoms with van der Waals surface area (Å²) in [6, 6.07) is 4.08. The summed E-state index contributed by atoms with van der Waals surface area (Å²) in [6.07, 6.45) is -23.0. The molecule has 3 nitrogen and oxygen atoms in total. The molecule has 132 valence electrons. The number of carbonyl (C=O) groups excluding carboxylic acids is 1. The van der Waals surface area contributed by atoms with Gasteiger partial charge in [0.2, 0.25) is 0 Å². The number of ketones is 1. The first-order valence-corrected chi connectivity index (χ1v) is 7.53. The highest BCUT2D eigenvalue weighted by Gasteiger charge is 2.30. The van der Waals surface area contributed by atoms with Crippen LogP contribution in [0.4, 0.5) is 0 Å². The molecule has 0 amide bonds. The average molecular weight is 353 g/mol. The molecular formula is C22H27NO2. The number of Topliss-reactive ketones (excluding diaryl/α,β-unsaturated/α-hetero) is 1. The lowest BCUT2D eigenvalue weighted by atomic mass is 9.88. The molecule has 1 aliphatic heterocycles. The molecule has 1 saturated heterocycles. The number of piperidine rings is 1. The standard InChI is InChI=1S/C22H27NO2/c1-23-19(15-21(24)17-9-4-2-5-10-17)13-8-14-20(23)16-22(25)18-11-6-3-7-12-18/h2-7,9-12,19-21,24H,8,13-16H2,1H3/t19-,20+,21?/m0/s1/i1D3,8D2,13D2,14D2,15D2,16D2,19D,20D. The molecule has 3 rings (SSSR count). The van der Waals surface area contributed by atoms with Crippen molar-refractivity contribution in [2.45, 2.75) is 50.0 Å². The van der Waals surface area contributed by atoms with Gasteiger partial charge in [0.05, 0.1) is 6.10 Å². The van der Waals surface area contributed by atoms with Crippen LogP contribution in [0.3, 0.4) is 0 Å². The zero-order chi connectivity index (χ0) is 31.0. The summed E-state index contributed by atoms with van der Waals surface area (Å²) in [6.45, 7) is -4.09. The molecule has 1 aliphatic rings. The maximum absolute atomic E-state index is 13.4. The van der Waals surface area contributed by atoms with E-state index in [4.69, 9.17) is 20.6 Å². The molecule has 0 saturated carbocycles. The summed E-state index contributed by atoms with van der Waals surface area (Å²) in [4.78, 5) is 12.7. The van der Waals surface area contributed by atoms with Crippen LogP contribution in [-0.4, -0.2) is 34.8 Å². The van der Waals surface area contributed by atoms with Crippen molar-refractivity contribution in [1.82, 2.24) is 4.90 Å². The van der Waals surface area contributed by atoms with Gasteiger partial charge in [0.15, 0.2) is 5.78 Å². The third-order valence-electron chi connectivity index (χ3n) is 3.47. The Morgan fingerprint density at radius 1 is 1.24 bits per heavy atom. The van der Waals surface area contributed by atoms with E-state index in [1.807, 2.05) is 0 Å². The van der Waals surface area contributed by atoms with Crippen LogP contribution in [0.5, 0.6) is 0 Å². The number of rotatable bonds is 6. The minimum absolute atomic E-state index is 0.298. The van der Waals surface area contributed by atoms with Crippen molar-refractivity contribution in [3.05, 3.63) is 71.8 Å². The van der Waals surface area contributed by atoms with Crippen molar-refractivity contribution in [2.75, 3.05) is 6.98 Å². The molecule has 0 aromatic heterocycles. The number of hydrogen-bond donors (Lipinski definition) is 1. The fourth-order valence-corrected chi connectivity index (χ4v) is 2.18. The van der Waals surface area contributed by atoms with Crippen molar-refractivity contribution in [3.8, 4) is 0 Å². The smallest absolute Gasteiger partial charge is 0.164 e. The second-order valence-corrected chi connectivity index (χ2v) is 5.19. The van der Waals surface area contributed by atoms with Gasteiger partial charge in [0.25, 0.3) is 0 Å². The minimum Gasteiger partial charge on any atom is -0.388 e. The van der Waals surface area contributed by atoms with E-state index in [1.165, 1.54) is 36.4 Å². The zero-order valence-electron chi connectivity index (χ0n) is 28.2. The first-order valence-electron chi connectivity index (χ1n) is 15.0. The van der Waals surface area contributed by atoms with Crippen molar-refractivity contribution in [1.29, 1.82) is 0 Å². The highest BCUT2D eigenvalue weighted by Crippen LogP contribution is 2.30. The SMILES string of the molecule is [2H]C([2H])([2H])N1[C@@]([2H])(C([2H])([2H])C(=O)c2ccccc2)C([2H])([2H])C([2H])([2H])C([2H])([2H])[C@@]1([2H])C([2H])([2H])C(O)c1ccccc1. The van der Waals surface area contributed by atoms with Crippen molar-refractivity contribution in [2.24, 2.45) is 0 Å². The van der Waals surface area contributed by atoms with Crippen LogP contribution in [0.15, 0.2) is 60.7 Å². The molecule has 0 aliphatic carbocycles. The zero-order valence-corrected chi connectivity index (χ0v) is 13.2. The van der Waals surface area contributed by atoms with Crippen LogP contribution in [0.25, 0.3) is 0 Å². The fraction of sp³-hybridized carbons (Fsp3) is 0.409. The Labute approximate surface area is 171 Å². The van der Waals surface area contributed by atoms with Gasteiger partial charge < -0.3 is 5.11 Å². The summed E-state index contributed by atoms with van der Waals surface area (Å²) in [7, 11) is 0. The Bertz CT molecular complexity index is 1250. The van der Waals surface area contributed by atoms with Gasteiger partial charge in [0, 0.05) is 44.5 Å². The van der Waals surface area contributed by atoms with E-state index in [2.05, 4.69) is 0 Å². The summed E-state index contributed by atoms with van der Waals surface area (Å²) < 4.78 is 128. The maximum Gasteiger partial charge on any atom is 0.164 e. The molecule has 1 heterocycles. The average Bonchev–Trinajstić information content (AvgIpc) is 2.86. The lowest BCUT2D eigenvalue weighted by molar-refractivity contribution is 0.0549. The molecule has 1 N–H and O–H groups in total. The Kier molecular flexibility index (Phi) is 2.35. The van der Waals surface area contributed by atoms with Crippen LogP contribution < -0.4 is 0 Å². The first-order chi connectivity index (χ1) is 17.9. The first kappa shape index (κ1) is 6.98. The third kappa shape index (κ3) is 4.56. The van der Waals surface area contributed by atoms with Gasteiger partial charge in [-0.05, 0) is 31.7 Å². The lowest BCUT2D eigenvalue weighted by Gasteiger charge is -2.40. The molecule has 2 aromatic rings. The molecule has 0 bridgehead atoms. The summed E-state index contributed by atoms with van der Waals surface area (Å²) >= 11 is 0. The van der Waals surface area contributed by atoms with E-state index >= 15 is 0 Å². The van der Waals surface area contributed by atoms with E-state index in [0.29, 0.717) is 0 Å². The lowest BCUT2D eigenvalue weighted by Crippen LogP contribution is -2.45. The van der Waals surface area contributed by atoms with E-state index in [-0.39, 0.29) is 5.56 Å². The summed E-state index contributed by atoms with van der Waals surface area (Å²) in [5.74, 6) is -1.69. The molecule has 3 atom stereocenters. The minimum atomic E-state index is -4.31. The Hall–Kier alpha value is -1.97. The molecule has 1 fully saturated rings. The van der Waals surface area contributed by atoms with E-state index in [9.17, 15) is 9.90 Å². The number of aliphatic hydroxyl groups excluding tert-OH is 1. The molecule has 0 spiro atoms. The Morgan fingerprint density at radius 2 is 1.88 bits per heavy atom. The van der Waals surface area contributed by atoms with Crippen molar-refractivity contribution < 1.29 is 30.5 Å². The van der Waals surface area contributed by atoms with Crippen molar-refractivity contribution >= 4 is 5.78 Å². The molecule has 3 heteroatoms. The Balaban J connectivity index is 2.49. The summed E-state index contributed by atoms with van der Waals surface area (Å²) in [5.41, 5.74) is -0.772. The maximum atomic E-state index is 13.4. The van der Waals surface area contributed by atoms with Gasteiger partial charge in [-0.2, -0.15) is 0 Å². The fourth-order valence-electron chi connectivity index (χ4n) is 2.18. The van der Waals surface area contributed by atoms with Gasteiger partial charge in [-0.1, -0.05) is 67.0 Å². The predicted octanol–water partition coefficient (Wildman–Crippen LogP) is 4.24. The number of benzene rings is 2. The van der Waals surface area contributed by atoms with Gasteiger partial charge in [-0.15, -0.1) is 0 Å². The van der Waals surface area contributed by atoms with Crippen LogP contribution in [0.1, 0.15) is 74.5 Å². The van der Waals surface area contributed by atoms with Crippen LogP contribution in [-0.2, 0) is 0 Å². The van der Waals surface area contributed by atoms with Crippen molar-refractivity contribution in [3.63, 3.8) is 0 Å². The Morgan fingerprint density at radius 3 is 2.56 bits per heavy atom. The highest BCUT2D eigenvalue weighted by molar-refractivity contribution is 5.96. The topological polar surface area (TPSA) is 40.5 Å². The molecule has 25 heavy (non-hydrogen) atoms. The van der Waals surface area contributed by atoms with Crippen LogP contribution in [0.2, 0.25) is 0 Å². The predicted molar refractivity (Wildman–Crippen MR) is 101 cm³/mol. The van der Waals surface area contributed by atoms with E-state index < -0.39 is 73.2 Å². The summed E-state index contributed by atoms with van der Waals surface area (Å²) in [5, 5.41) is 11.0. The number of likely N-dealkylation sites (tertiary alicyclic amines) is 1. The van der Waals surface area contributed by atoms with Crippen LogP contribution in [0, 0.1) is 0 Å². The monoisotopic (exact) mass is 352 g/mol. The number of carbonyl (C=O) groups is 1. The third-order valence-corrected chi connectivity index (χ3v) is 3.47. The van der Waals surface area contributed by atoms with E-state index in [1.54, 1.807) is 0 Å². The van der Waals surface area contributed by atoms with Gasteiger partial charge >= 0.3 is 0 Å². The second-order valence-electron chi connectivity index (χ2n) is 5.19. The quantitative estimate of drug-likeness (QED) is 0.791. The molecular weight excluding hydrogens is 310 g/mol. The molecule has 0 radical (unpaired) electrons. The van der Waals surface area contributed by atoms with Gasteiger partial charge in [-0.25, -0.2) is 0 Å². The largest absolute Gasteiger partial charge is 0.388 e. The van der Waals surface area contributed by atoms with E-state index in [0.717, 1.165) is 24.3 Å². The number of aliphatic hydroxyl groups is 1. The van der Waals surface area contributed by atoms with Gasteiger partial charge in [0.1, 0.15) is 0 Å². The van der Waals surface area contributed by atoms with Crippen LogP contribution >= 0.6 is 0 Å². The molecule has 1 unspecified atom stereocenters. The normalized spacial score (nSPS) is 44.9.